The maximum absolute atomic E-state index is 13.3. The number of anilines is 1. The Bertz CT molecular complexity index is 1160. The molecule has 2 aromatic carbocycles. The smallest absolute Gasteiger partial charge is 0.237 e. The van der Waals surface area contributed by atoms with Crippen molar-refractivity contribution in [2.75, 3.05) is 5.32 Å². The third kappa shape index (κ3) is 3.35. The number of benzene rings is 2. The maximum atomic E-state index is 13.3. The number of furan rings is 1. The topological polar surface area (TPSA) is 68.0 Å². The van der Waals surface area contributed by atoms with Gasteiger partial charge in [-0.25, -0.2) is 18.7 Å². The third-order valence-corrected chi connectivity index (χ3v) is 5.05. The number of nitrogens with zero attached hydrogens (tertiary/aromatic N) is 2. The van der Waals surface area contributed by atoms with Gasteiger partial charge >= 0.3 is 0 Å². The molecule has 0 saturated carbocycles. The van der Waals surface area contributed by atoms with Gasteiger partial charge in [-0.05, 0) is 31.2 Å². The van der Waals surface area contributed by atoms with Crippen LogP contribution in [0.4, 0.5) is 14.5 Å². The van der Waals surface area contributed by atoms with Gasteiger partial charge in [0.15, 0.2) is 17.2 Å². The molecule has 136 valence electrons. The molecule has 1 atom stereocenters. The van der Waals surface area contributed by atoms with Crippen molar-refractivity contribution in [1.29, 1.82) is 0 Å². The van der Waals surface area contributed by atoms with Gasteiger partial charge in [-0.15, -0.1) is 0 Å². The highest BCUT2D eigenvalue weighted by atomic mass is 32.2. The van der Waals surface area contributed by atoms with E-state index in [0.29, 0.717) is 21.7 Å². The van der Waals surface area contributed by atoms with Crippen LogP contribution in [-0.4, -0.2) is 21.1 Å². The molecular formula is C19H13F2N3O2S. The molecule has 1 amide bonds. The fraction of sp³-hybridized carbons (Fsp3) is 0.105. The Morgan fingerprint density at radius 1 is 1.15 bits per heavy atom. The summed E-state index contributed by atoms with van der Waals surface area (Å²) in [6, 6.07) is 10.7. The molecule has 1 N–H and O–H groups in total. The predicted octanol–water partition coefficient (Wildman–Crippen LogP) is 4.77. The molecule has 4 aromatic rings. The number of hydrogen-bond acceptors (Lipinski definition) is 5. The van der Waals surface area contributed by atoms with Crippen molar-refractivity contribution in [1.82, 2.24) is 9.97 Å². The summed E-state index contributed by atoms with van der Waals surface area (Å²) in [6.45, 7) is 1.69. The van der Waals surface area contributed by atoms with Gasteiger partial charge in [0.2, 0.25) is 5.91 Å². The highest BCUT2D eigenvalue weighted by Crippen LogP contribution is 2.34. The van der Waals surface area contributed by atoms with E-state index in [4.69, 9.17) is 4.42 Å². The van der Waals surface area contributed by atoms with Gasteiger partial charge < -0.3 is 9.73 Å². The Morgan fingerprint density at radius 2 is 1.96 bits per heavy atom. The Morgan fingerprint density at radius 3 is 2.78 bits per heavy atom. The average Bonchev–Trinajstić information content (AvgIpc) is 3.04. The molecule has 0 fully saturated rings. The molecule has 27 heavy (non-hydrogen) atoms. The summed E-state index contributed by atoms with van der Waals surface area (Å²) in [5.41, 5.74) is 2.06. The SMILES string of the molecule is C[C@H](Sc1ncnc2c1oc1ccccc12)C(=O)Nc1ccc(F)c(F)c1. The van der Waals surface area contributed by atoms with Crippen LogP contribution in [0.15, 0.2) is 58.2 Å². The largest absolute Gasteiger partial charge is 0.451 e. The fourth-order valence-corrected chi connectivity index (χ4v) is 3.48. The minimum atomic E-state index is -1.02. The van der Waals surface area contributed by atoms with Crippen LogP contribution < -0.4 is 5.32 Å². The van der Waals surface area contributed by atoms with E-state index in [1.54, 1.807) is 6.92 Å². The molecule has 0 saturated heterocycles. The van der Waals surface area contributed by atoms with Crippen LogP contribution in [0.2, 0.25) is 0 Å². The molecule has 0 radical (unpaired) electrons. The number of rotatable bonds is 4. The lowest BCUT2D eigenvalue weighted by Gasteiger charge is -2.11. The van der Waals surface area contributed by atoms with E-state index in [0.717, 1.165) is 17.5 Å². The lowest BCUT2D eigenvalue weighted by atomic mass is 10.2. The second-order valence-corrected chi connectivity index (χ2v) is 7.16. The zero-order valence-electron chi connectivity index (χ0n) is 14.1. The minimum Gasteiger partial charge on any atom is -0.451 e. The first-order valence-electron chi connectivity index (χ1n) is 8.08. The van der Waals surface area contributed by atoms with Crippen LogP contribution in [0.5, 0.6) is 0 Å². The number of thioether (sulfide) groups is 1. The quantitative estimate of drug-likeness (QED) is 0.405. The van der Waals surface area contributed by atoms with Crippen molar-refractivity contribution >= 4 is 45.4 Å². The van der Waals surface area contributed by atoms with Gasteiger partial charge in [0.25, 0.3) is 0 Å². The summed E-state index contributed by atoms with van der Waals surface area (Å²) >= 11 is 1.20. The molecule has 0 bridgehead atoms. The number of hydrogen-bond donors (Lipinski definition) is 1. The molecular weight excluding hydrogens is 372 g/mol. The highest BCUT2D eigenvalue weighted by Gasteiger charge is 2.20. The number of para-hydroxylation sites is 1. The summed E-state index contributed by atoms with van der Waals surface area (Å²) in [7, 11) is 0. The maximum Gasteiger partial charge on any atom is 0.237 e. The fourth-order valence-electron chi connectivity index (χ4n) is 2.63. The first-order valence-corrected chi connectivity index (χ1v) is 8.95. The molecule has 2 aromatic heterocycles. The van der Waals surface area contributed by atoms with E-state index in [1.807, 2.05) is 24.3 Å². The van der Waals surface area contributed by atoms with Crippen molar-refractivity contribution in [3.63, 3.8) is 0 Å². The summed E-state index contributed by atoms with van der Waals surface area (Å²) in [5.74, 6) is -2.36. The second-order valence-electron chi connectivity index (χ2n) is 5.83. The summed E-state index contributed by atoms with van der Waals surface area (Å²) in [5, 5.41) is 3.42. The standard InChI is InChI=1S/C19H13F2N3O2S/c1-10(18(25)24-11-6-7-13(20)14(21)8-11)27-19-17-16(22-9-23-19)12-4-2-3-5-15(12)26-17/h2-10H,1H3,(H,24,25)/t10-/m0/s1. The van der Waals surface area contributed by atoms with Gasteiger partial charge in [0, 0.05) is 17.1 Å². The van der Waals surface area contributed by atoms with Gasteiger partial charge in [0.05, 0.1) is 5.25 Å². The molecule has 0 aliphatic heterocycles. The monoisotopic (exact) mass is 385 g/mol. The zero-order valence-corrected chi connectivity index (χ0v) is 14.9. The number of amides is 1. The number of nitrogens with one attached hydrogen (secondary N) is 1. The van der Waals surface area contributed by atoms with Crippen LogP contribution in [0.1, 0.15) is 6.92 Å². The molecule has 5 nitrogen and oxygen atoms in total. The lowest BCUT2D eigenvalue weighted by Crippen LogP contribution is -2.22. The van der Waals surface area contributed by atoms with Crippen molar-refractivity contribution < 1.29 is 18.0 Å². The molecule has 4 rings (SSSR count). The molecule has 0 aliphatic rings. The van der Waals surface area contributed by atoms with Crippen molar-refractivity contribution in [3.05, 3.63) is 60.4 Å². The Kier molecular flexibility index (Phi) is 4.49. The first kappa shape index (κ1) is 17.4. The molecule has 8 heteroatoms. The van der Waals surface area contributed by atoms with Crippen LogP contribution in [0.3, 0.4) is 0 Å². The number of fused-ring (bicyclic) bond motifs is 3. The van der Waals surface area contributed by atoms with E-state index >= 15 is 0 Å². The zero-order chi connectivity index (χ0) is 19.0. The molecule has 2 heterocycles. The van der Waals surface area contributed by atoms with Gasteiger partial charge in [-0.1, -0.05) is 23.9 Å². The summed E-state index contributed by atoms with van der Waals surface area (Å²) < 4.78 is 32.1. The summed E-state index contributed by atoms with van der Waals surface area (Å²) in [4.78, 5) is 20.9. The predicted molar refractivity (Wildman–Crippen MR) is 99.6 cm³/mol. The van der Waals surface area contributed by atoms with Crippen LogP contribution in [0, 0.1) is 11.6 Å². The Hall–Kier alpha value is -3.00. The molecule has 0 spiro atoms. The highest BCUT2D eigenvalue weighted by molar-refractivity contribution is 8.00. The normalized spacial score (nSPS) is 12.4. The molecule has 0 unspecified atom stereocenters. The first-order chi connectivity index (χ1) is 13.0. The Balaban J connectivity index is 1.57. The van der Waals surface area contributed by atoms with Crippen molar-refractivity contribution in [2.24, 2.45) is 0 Å². The van der Waals surface area contributed by atoms with E-state index in [9.17, 15) is 13.6 Å². The van der Waals surface area contributed by atoms with Gasteiger partial charge in [0.1, 0.15) is 22.5 Å². The minimum absolute atomic E-state index is 0.183. The van der Waals surface area contributed by atoms with E-state index in [1.165, 1.54) is 24.2 Å². The summed E-state index contributed by atoms with van der Waals surface area (Å²) in [6.07, 6.45) is 1.42. The number of carbonyl (C=O) groups excluding carboxylic acids is 1. The number of aromatic nitrogens is 2. The average molecular weight is 385 g/mol. The second kappa shape index (κ2) is 6.96. The lowest BCUT2D eigenvalue weighted by molar-refractivity contribution is -0.115. The van der Waals surface area contributed by atoms with Crippen LogP contribution in [-0.2, 0) is 4.79 Å². The van der Waals surface area contributed by atoms with Crippen molar-refractivity contribution in [3.8, 4) is 0 Å². The Labute approximate surface area is 156 Å². The molecule has 0 aliphatic carbocycles. The van der Waals surface area contributed by atoms with Gasteiger partial charge in [-0.3, -0.25) is 4.79 Å². The van der Waals surface area contributed by atoms with E-state index in [2.05, 4.69) is 15.3 Å². The number of carbonyl (C=O) groups is 1. The third-order valence-electron chi connectivity index (χ3n) is 3.97. The van der Waals surface area contributed by atoms with E-state index in [-0.39, 0.29) is 11.6 Å². The van der Waals surface area contributed by atoms with Crippen LogP contribution >= 0.6 is 11.8 Å². The van der Waals surface area contributed by atoms with Crippen LogP contribution in [0.25, 0.3) is 22.1 Å². The van der Waals surface area contributed by atoms with Crippen molar-refractivity contribution in [2.45, 2.75) is 17.2 Å². The van der Waals surface area contributed by atoms with Gasteiger partial charge in [-0.2, -0.15) is 0 Å². The number of halogens is 2. The van der Waals surface area contributed by atoms with E-state index < -0.39 is 16.9 Å².